The van der Waals surface area contributed by atoms with Crippen LogP contribution in [0.5, 0.6) is 0 Å². The van der Waals surface area contributed by atoms with Crippen LogP contribution in [0, 0.1) is 0 Å². The van der Waals surface area contributed by atoms with E-state index < -0.39 is 0 Å². The first-order valence-corrected chi connectivity index (χ1v) is 10.2. The first-order chi connectivity index (χ1) is 13.3. The molecule has 2 aromatic heterocycles. The van der Waals surface area contributed by atoms with Crippen molar-refractivity contribution in [2.45, 2.75) is 63.8 Å². The number of hydrogen-bond donors (Lipinski definition) is 1. The number of aryl methyl sites for hydroxylation is 2. The molecule has 7 nitrogen and oxygen atoms in total. The molecule has 1 aliphatic carbocycles. The number of amides is 1. The third-order valence-corrected chi connectivity index (χ3v) is 6.09. The number of fused-ring (bicyclic) bond motifs is 2. The van der Waals surface area contributed by atoms with Gasteiger partial charge >= 0.3 is 0 Å². The lowest BCUT2D eigenvalue weighted by atomic mass is 9.94. The number of oxazole rings is 1. The zero-order valence-electron chi connectivity index (χ0n) is 15.6. The smallest absolute Gasteiger partial charge is 0.223 e. The van der Waals surface area contributed by atoms with Gasteiger partial charge in [-0.05, 0) is 37.7 Å². The third-order valence-electron chi connectivity index (χ3n) is 6.09. The van der Waals surface area contributed by atoms with Crippen molar-refractivity contribution in [2.24, 2.45) is 0 Å². The van der Waals surface area contributed by atoms with Gasteiger partial charge in [-0.1, -0.05) is 0 Å². The van der Waals surface area contributed by atoms with Crippen molar-refractivity contribution < 1.29 is 13.9 Å². The highest BCUT2D eigenvalue weighted by Crippen LogP contribution is 2.29. The number of aromatic nitrogens is 3. The van der Waals surface area contributed by atoms with Gasteiger partial charge in [0.1, 0.15) is 11.5 Å². The number of aromatic amines is 1. The van der Waals surface area contributed by atoms with Crippen LogP contribution in [0.4, 0.5) is 0 Å². The van der Waals surface area contributed by atoms with Gasteiger partial charge in [-0.25, -0.2) is 4.98 Å². The summed E-state index contributed by atoms with van der Waals surface area (Å²) in [4.78, 5) is 19.3. The summed E-state index contributed by atoms with van der Waals surface area (Å²) in [7, 11) is 0. The summed E-state index contributed by atoms with van der Waals surface area (Å²) in [5, 5.41) is 7.63. The van der Waals surface area contributed by atoms with Gasteiger partial charge in [0.05, 0.1) is 24.8 Å². The van der Waals surface area contributed by atoms with Gasteiger partial charge in [0, 0.05) is 38.1 Å². The molecule has 1 fully saturated rings. The van der Waals surface area contributed by atoms with E-state index in [4.69, 9.17) is 9.15 Å². The molecule has 1 saturated heterocycles. The molecular formula is C20H26N4O3. The first-order valence-electron chi connectivity index (χ1n) is 10.2. The summed E-state index contributed by atoms with van der Waals surface area (Å²) in [5.41, 5.74) is 4.64. The van der Waals surface area contributed by atoms with E-state index in [1.54, 1.807) is 0 Å². The van der Waals surface area contributed by atoms with E-state index in [1.807, 2.05) is 4.90 Å². The SMILES string of the molecule is O=C(CCc1n[nH]c2c1CCCC2)N1CCc2oc(C3CCOC3)nc2C1. The van der Waals surface area contributed by atoms with Gasteiger partial charge in [0.15, 0.2) is 5.89 Å². The molecule has 1 atom stereocenters. The van der Waals surface area contributed by atoms with Crippen LogP contribution < -0.4 is 0 Å². The summed E-state index contributed by atoms with van der Waals surface area (Å²) >= 11 is 0. The molecule has 144 valence electrons. The van der Waals surface area contributed by atoms with E-state index in [9.17, 15) is 4.79 Å². The Morgan fingerprint density at radius 1 is 1.26 bits per heavy atom. The van der Waals surface area contributed by atoms with Crippen LogP contribution in [0.1, 0.15) is 65.9 Å². The average molecular weight is 370 g/mol. The van der Waals surface area contributed by atoms with Gasteiger partial charge in [-0.2, -0.15) is 5.10 Å². The van der Waals surface area contributed by atoms with Crippen LogP contribution in [0.25, 0.3) is 0 Å². The Balaban J connectivity index is 1.21. The highest BCUT2D eigenvalue weighted by Gasteiger charge is 2.29. The molecule has 7 heteroatoms. The predicted octanol–water partition coefficient (Wildman–Crippen LogP) is 2.30. The fourth-order valence-corrected chi connectivity index (χ4v) is 4.48. The lowest BCUT2D eigenvalue weighted by molar-refractivity contribution is -0.132. The van der Waals surface area contributed by atoms with E-state index in [0.717, 1.165) is 61.7 Å². The maximum Gasteiger partial charge on any atom is 0.223 e. The Bertz CT molecular complexity index is 834. The predicted molar refractivity (Wildman–Crippen MR) is 97.4 cm³/mol. The molecule has 2 aromatic rings. The molecule has 1 N–H and O–H groups in total. The van der Waals surface area contributed by atoms with Crippen LogP contribution in [0.15, 0.2) is 4.42 Å². The topological polar surface area (TPSA) is 84.2 Å². The molecule has 0 bridgehead atoms. The fourth-order valence-electron chi connectivity index (χ4n) is 4.48. The number of ether oxygens (including phenoxy) is 1. The van der Waals surface area contributed by atoms with Crippen LogP contribution in [0.2, 0.25) is 0 Å². The number of H-pyrrole nitrogens is 1. The van der Waals surface area contributed by atoms with Crippen molar-refractivity contribution in [1.82, 2.24) is 20.1 Å². The highest BCUT2D eigenvalue weighted by molar-refractivity contribution is 5.76. The normalized spacial score (nSPS) is 21.9. The molecule has 1 unspecified atom stereocenters. The summed E-state index contributed by atoms with van der Waals surface area (Å²) in [6.45, 7) is 2.74. The maximum atomic E-state index is 12.7. The Kier molecular flexibility index (Phi) is 4.47. The van der Waals surface area contributed by atoms with Gasteiger partial charge < -0.3 is 14.1 Å². The summed E-state index contributed by atoms with van der Waals surface area (Å²) in [6, 6.07) is 0. The molecule has 3 aliphatic rings. The van der Waals surface area contributed by atoms with E-state index in [1.165, 1.54) is 24.1 Å². The zero-order valence-corrected chi connectivity index (χ0v) is 15.6. The standard InChI is InChI=1S/C20H26N4O3/c25-19(6-5-16-14-3-1-2-4-15(14)22-23-16)24-9-7-18-17(11-24)21-20(27-18)13-8-10-26-12-13/h13H,1-12H2,(H,22,23). The number of carbonyl (C=O) groups excluding carboxylic acids is 1. The minimum atomic E-state index is 0.182. The highest BCUT2D eigenvalue weighted by atomic mass is 16.5. The molecule has 5 rings (SSSR count). The van der Waals surface area contributed by atoms with Crippen molar-refractivity contribution in [3.63, 3.8) is 0 Å². The van der Waals surface area contributed by atoms with Crippen LogP contribution >= 0.6 is 0 Å². The number of nitrogens with one attached hydrogen (secondary N) is 1. The summed E-state index contributed by atoms with van der Waals surface area (Å²) < 4.78 is 11.4. The first kappa shape index (κ1) is 17.0. The van der Waals surface area contributed by atoms with Gasteiger partial charge in [0.25, 0.3) is 0 Å². The Morgan fingerprint density at radius 2 is 2.19 bits per heavy atom. The second-order valence-electron chi connectivity index (χ2n) is 7.88. The Labute approximate surface area is 158 Å². The summed E-state index contributed by atoms with van der Waals surface area (Å²) in [5.74, 6) is 2.19. The van der Waals surface area contributed by atoms with E-state index in [2.05, 4.69) is 15.2 Å². The quantitative estimate of drug-likeness (QED) is 0.893. The average Bonchev–Trinajstić information content (AvgIpc) is 3.44. The molecule has 0 spiro atoms. The van der Waals surface area contributed by atoms with Crippen LogP contribution in [-0.2, 0) is 41.8 Å². The minimum Gasteiger partial charge on any atom is -0.445 e. The van der Waals surface area contributed by atoms with Crippen LogP contribution in [0.3, 0.4) is 0 Å². The number of nitrogens with zero attached hydrogens (tertiary/aromatic N) is 3. The van der Waals surface area contributed by atoms with E-state index in [0.29, 0.717) is 26.1 Å². The van der Waals surface area contributed by atoms with E-state index >= 15 is 0 Å². The number of carbonyl (C=O) groups is 1. The Morgan fingerprint density at radius 3 is 3.07 bits per heavy atom. The number of hydrogen-bond acceptors (Lipinski definition) is 5. The monoisotopic (exact) mass is 370 g/mol. The maximum absolute atomic E-state index is 12.7. The van der Waals surface area contributed by atoms with Crippen molar-refractivity contribution >= 4 is 5.91 Å². The lowest BCUT2D eigenvalue weighted by Crippen LogP contribution is -2.36. The number of rotatable bonds is 4. The largest absolute Gasteiger partial charge is 0.445 e. The van der Waals surface area contributed by atoms with Gasteiger partial charge in [-0.3, -0.25) is 9.89 Å². The lowest BCUT2D eigenvalue weighted by Gasteiger charge is -2.25. The van der Waals surface area contributed by atoms with Crippen molar-refractivity contribution in [1.29, 1.82) is 0 Å². The fraction of sp³-hybridized carbons (Fsp3) is 0.650. The molecule has 1 amide bonds. The van der Waals surface area contributed by atoms with Gasteiger partial charge in [-0.15, -0.1) is 0 Å². The molecule has 0 saturated carbocycles. The second kappa shape index (κ2) is 7.11. The van der Waals surface area contributed by atoms with Crippen molar-refractivity contribution in [3.8, 4) is 0 Å². The Hall–Kier alpha value is -2.15. The third kappa shape index (κ3) is 3.29. The molecular weight excluding hydrogens is 344 g/mol. The minimum absolute atomic E-state index is 0.182. The van der Waals surface area contributed by atoms with Crippen molar-refractivity contribution in [3.05, 3.63) is 34.3 Å². The molecule has 4 heterocycles. The summed E-state index contributed by atoms with van der Waals surface area (Å²) in [6.07, 6.45) is 7.58. The van der Waals surface area contributed by atoms with Gasteiger partial charge in [0.2, 0.25) is 5.91 Å². The van der Waals surface area contributed by atoms with Crippen molar-refractivity contribution in [2.75, 3.05) is 19.8 Å². The molecule has 0 aromatic carbocycles. The van der Waals surface area contributed by atoms with E-state index in [-0.39, 0.29) is 11.8 Å². The molecule has 2 aliphatic heterocycles. The molecule has 27 heavy (non-hydrogen) atoms. The second-order valence-corrected chi connectivity index (χ2v) is 7.88. The zero-order chi connectivity index (χ0) is 18.2. The molecule has 0 radical (unpaired) electrons. The van der Waals surface area contributed by atoms with Crippen LogP contribution in [-0.4, -0.2) is 45.7 Å².